The lowest BCUT2D eigenvalue weighted by atomic mass is 9.87. The number of halogens is 1. The molecule has 2 atom stereocenters. The highest BCUT2D eigenvalue weighted by molar-refractivity contribution is 6.30. The number of hydrogen-bond donors (Lipinski definition) is 1. The van der Waals surface area contributed by atoms with Crippen LogP contribution in [-0.2, 0) is 11.2 Å². The number of nitrogens with one attached hydrogen (secondary N) is 1. The van der Waals surface area contributed by atoms with Crippen LogP contribution in [0.1, 0.15) is 43.7 Å². The first kappa shape index (κ1) is 25.6. The van der Waals surface area contributed by atoms with E-state index in [0.717, 1.165) is 69.7 Å². The standard InChI is InChI=1S/C30H41ClN4O/c1-22(2)35-20-27(24-7-9-26(31)10-8-24)28(21-35)30(36)34-17-15-33(16-18-34)29-6-4-3-5-25(29)19-23-11-13-32-14-12-23/h3-10,22-23,27-28,32H,11-21H2,1-2H3/t27-,28+/m0/s1. The Labute approximate surface area is 221 Å². The number of amides is 1. The molecule has 194 valence electrons. The van der Waals surface area contributed by atoms with Crippen molar-refractivity contribution in [1.82, 2.24) is 15.1 Å². The van der Waals surface area contributed by atoms with E-state index in [1.807, 2.05) is 12.1 Å². The van der Waals surface area contributed by atoms with E-state index in [1.165, 1.54) is 29.7 Å². The van der Waals surface area contributed by atoms with E-state index in [0.29, 0.717) is 11.9 Å². The van der Waals surface area contributed by atoms with E-state index in [2.05, 4.69) is 70.3 Å². The highest BCUT2D eigenvalue weighted by Gasteiger charge is 2.41. The molecule has 0 aromatic heterocycles. The zero-order valence-corrected chi connectivity index (χ0v) is 22.6. The first-order valence-electron chi connectivity index (χ1n) is 13.8. The molecule has 3 saturated heterocycles. The van der Waals surface area contributed by atoms with Crippen LogP contribution in [0.5, 0.6) is 0 Å². The molecule has 1 amide bonds. The van der Waals surface area contributed by atoms with Gasteiger partial charge < -0.3 is 15.1 Å². The van der Waals surface area contributed by atoms with Crippen LogP contribution in [0.2, 0.25) is 5.02 Å². The highest BCUT2D eigenvalue weighted by Crippen LogP contribution is 2.36. The maximum absolute atomic E-state index is 13.8. The quantitative estimate of drug-likeness (QED) is 0.616. The summed E-state index contributed by atoms with van der Waals surface area (Å²) in [5.74, 6) is 1.32. The molecule has 3 aliphatic rings. The maximum atomic E-state index is 13.8. The first-order valence-corrected chi connectivity index (χ1v) is 14.2. The summed E-state index contributed by atoms with van der Waals surface area (Å²) in [5, 5.41) is 4.23. The third-order valence-corrected chi connectivity index (χ3v) is 8.84. The Morgan fingerprint density at radius 1 is 0.972 bits per heavy atom. The van der Waals surface area contributed by atoms with Crippen LogP contribution in [0, 0.1) is 11.8 Å². The van der Waals surface area contributed by atoms with Crippen molar-refractivity contribution in [2.45, 2.75) is 45.1 Å². The van der Waals surface area contributed by atoms with E-state index in [9.17, 15) is 4.79 Å². The molecule has 3 fully saturated rings. The maximum Gasteiger partial charge on any atom is 0.227 e. The second-order valence-electron chi connectivity index (χ2n) is 11.2. The summed E-state index contributed by atoms with van der Waals surface area (Å²) in [6.45, 7) is 11.9. The van der Waals surface area contributed by atoms with Gasteiger partial charge in [-0.25, -0.2) is 0 Å². The molecule has 36 heavy (non-hydrogen) atoms. The fourth-order valence-corrected chi connectivity index (χ4v) is 6.47. The van der Waals surface area contributed by atoms with Crippen LogP contribution in [-0.4, -0.2) is 74.1 Å². The van der Waals surface area contributed by atoms with Crippen LogP contribution < -0.4 is 10.2 Å². The Morgan fingerprint density at radius 2 is 1.67 bits per heavy atom. The fourth-order valence-electron chi connectivity index (χ4n) is 6.34. The molecule has 0 aliphatic carbocycles. The number of carbonyl (C=O) groups is 1. The van der Waals surface area contributed by atoms with E-state index in [-0.39, 0.29) is 11.8 Å². The minimum absolute atomic E-state index is 0.00678. The number of piperidine rings is 1. The average Bonchev–Trinajstić information content (AvgIpc) is 3.36. The van der Waals surface area contributed by atoms with Crippen LogP contribution in [0.3, 0.4) is 0 Å². The largest absolute Gasteiger partial charge is 0.368 e. The Bertz CT molecular complexity index is 1010. The number of hydrogen-bond acceptors (Lipinski definition) is 4. The number of rotatable bonds is 6. The summed E-state index contributed by atoms with van der Waals surface area (Å²) in [7, 11) is 0. The van der Waals surface area contributed by atoms with E-state index < -0.39 is 0 Å². The third kappa shape index (κ3) is 5.74. The summed E-state index contributed by atoms with van der Waals surface area (Å²) >= 11 is 6.15. The molecule has 5 nitrogen and oxygen atoms in total. The van der Waals surface area contributed by atoms with Gasteiger partial charge in [0.05, 0.1) is 5.92 Å². The van der Waals surface area contributed by atoms with Gasteiger partial charge in [-0.05, 0) is 81.4 Å². The second-order valence-corrected chi connectivity index (χ2v) is 11.6. The average molecular weight is 509 g/mol. The molecule has 0 radical (unpaired) electrons. The smallest absolute Gasteiger partial charge is 0.227 e. The van der Waals surface area contributed by atoms with Crippen molar-refractivity contribution < 1.29 is 4.79 Å². The van der Waals surface area contributed by atoms with Crippen molar-refractivity contribution >= 4 is 23.2 Å². The predicted molar refractivity (Wildman–Crippen MR) is 149 cm³/mol. The molecule has 2 aromatic rings. The zero-order chi connectivity index (χ0) is 25.1. The van der Waals surface area contributed by atoms with Gasteiger partial charge in [-0.1, -0.05) is 41.9 Å². The summed E-state index contributed by atoms with van der Waals surface area (Å²) in [5.41, 5.74) is 4.07. The third-order valence-electron chi connectivity index (χ3n) is 8.58. The number of anilines is 1. The van der Waals surface area contributed by atoms with Gasteiger partial charge in [-0.3, -0.25) is 9.69 Å². The van der Waals surface area contributed by atoms with Gasteiger partial charge in [0.15, 0.2) is 0 Å². The Morgan fingerprint density at radius 3 is 2.36 bits per heavy atom. The molecule has 3 heterocycles. The van der Waals surface area contributed by atoms with Crippen molar-refractivity contribution in [1.29, 1.82) is 0 Å². The molecule has 5 rings (SSSR count). The Balaban J connectivity index is 1.25. The molecule has 3 aliphatic heterocycles. The van der Waals surface area contributed by atoms with Crippen LogP contribution in [0.15, 0.2) is 48.5 Å². The normalized spacial score (nSPS) is 24.0. The number of carbonyl (C=O) groups excluding carboxylic acids is 1. The zero-order valence-electron chi connectivity index (χ0n) is 21.8. The number of piperazine rings is 1. The highest BCUT2D eigenvalue weighted by atomic mass is 35.5. The molecule has 0 saturated carbocycles. The molecule has 2 aromatic carbocycles. The van der Waals surface area contributed by atoms with Gasteiger partial charge in [0, 0.05) is 61.9 Å². The van der Waals surface area contributed by atoms with Gasteiger partial charge in [0.1, 0.15) is 0 Å². The number of likely N-dealkylation sites (tertiary alicyclic amines) is 1. The molecular formula is C30H41ClN4O. The minimum Gasteiger partial charge on any atom is -0.368 e. The van der Waals surface area contributed by atoms with Crippen LogP contribution in [0.4, 0.5) is 5.69 Å². The molecule has 6 heteroatoms. The predicted octanol–water partition coefficient (Wildman–Crippen LogP) is 4.65. The van der Waals surface area contributed by atoms with Gasteiger partial charge >= 0.3 is 0 Å². The lowest BCUT2D eigenvalue weighted by molar-refractivity contribution is -0.135. The van der Waals surface area contributed by atoms with Gasteiger partial charge in [0.2, 0.25) is 5.91 Å². The summed E-state index contributed by atoms with van der Waals surface area (Å²) in [6, 6.07) is 17.5. The molecule has 1 N–H and O–H groups in total. The number of benzene rings is 2. The van der Waals surface area contributed by atoms with E-state index >= 15 is 0 Å². The molecule has 0 spiro atoms. The van der Waals surface area contributed by atoms with E-state index in [4.69, 9.17) is 11.6 Å². The summed E-state index contributed by atoms with van der Waals surface area (Å²) in [4.78, 5) is 20.9. The SMILES string of the molecule is CC(C)N1C[C@@H](C(=O)N2CCN(c3ccccc3CC3CCNCC3)CC2)[C@H](c2ccc(Cl)cc2)C1. The summed E-state index contributed by atoms with van der Waals surface area (Å²) in [6.07, 6.45) is 3.69. The van der Waals surface area contributed by atoms with Gasteiger partial charge in [-0.15, -0.1) is 0 Å². The van der Waals surface area contributed by atoms with Gasteiger partial charge in [0.25, 0.3) is 0 Å². The van der Waals surface area contributed by atoms with Crippen molar-refractivity contribution in [3.63, 3.8) is 0 Å². The fraction of sp³-hybridized carbons (Fsp3) is 0.567. The topological polar surface area (TPSA) is 38.8 Å². The number of nitrogens with zero attached hydrogens (tertiary/aromatic N) is 3. The van der Waals surface area contributed by atoms with Crippen LogP contribution in [0.25, 0.3) is 0 Å². The molecular weight excluding hydrogens is 468 g/mol. The molecule has 0 bridgehead atoms. The van der Waals surface area contributed by atoms with Crippen molar-refractivity contribution in [3.05, 3.63) is 64.7 Å². The Kier molecular flexibility index (Phi) is 8.19. The second kappa shape index (κ2) is 11.5. The van der Waals surface area contributed by atoms with Crippen molar-refractivity contribution in [3.8, 4) is 0 Å². The van der Waals surface area contributed by atoms with E-state index in [1.54, 1.807) is 0 Å². The molecule has 0 unspecified atom stereocenters. The lowest BCUT2D eigenvalue weighted by Gasteiger charge is -2.39. The van der Waals surface area contributed by atoms with Crippen molar-refractivity contribution in [2.75, 3.05) is 57.3 Å². The minimum atomic E-state index is 0.00678. The van der Waals surface area contributed by atoms with Crippen LogP contribution >= 0.6 is 11.6 Å². The monoisotopic (exact) mass is 508 g/mol. The summed E-state index contributed by atoms with van der Waals surface area (Å²) < 4.78 is 0. The number of para-hydroxylation sites is 1. The Hall–Kier alpha value is -2.08. The van der Waals surface area contributed by atoms with Gasteiger partial charge in [-0.2, -0.15) is 0 Å². The first-order chi connectivity index (χ1) is 17.5. The lowest BCUT2D eigenvalue weighted by Crippen LogP contribution is -2.51. The van der Waals surface area contributed by atoms with Crippen molar-refractivity contribution in [2.24, 2.45) is 11.8 Å².